The van der Waals surface area contributed by atoms with Crippen LogP contribution in [0.2, 0.25) is 0 Å². The molecule has 0 fully saturated rings. The number of hydrogen-bond acceptors (Lipinski definition) is 3. The Morgan fingerprint density at radius 3 is 2.05 bits per heavy atom. The quantitative estimate of drug-likeness (QED) is 0.908. The lowest BCUT2D eigenvalue weighted by Gasteiger charge is -2.14. The number of halogens is 3. The summed E-state index contributed by atoms with van der Waals surface area (Å²) in [6, 6.07) is 10.2. The van der Waals surface area contributed by atoms with Crippen molar-refractivity contribution in [2.24, 2.45) is 0 Å². The summed E-state index contributed by atoms with van der Waals surface area (Å²) in [4.78, 5) is 0. The van der Waals surface area contributed by atoms with Gasteiger partial charge in [0.05, 0.1) is 5.56 Å². The van der Waals surface area contributed by atoms with Crippen molar-refractivity contribution in [2.75, 3.05) is 6.61 Å². The first kappa shape index (κ1) is 15.2. The highest BCUT2D eigenvalue weighted by atomic mass is 19.4. The van der Waals surface area contributed by atoms with E-state index in [1.807, 2.05) is 0 Å². The summed E-state index contributed by atoms with van der Waals surface area (Å²) in [7, 11) is 0. The zero-order valence-electron chi connectivity index (χ0n) is 10.8. The van der Waals surface area contributed by atoms with E-state index in [0.717, 1.165) is 12.1 Å². The van der Waals surface area contributed by atoms with Crippen LogP contribution in [0.3, 0.4) is 0 Å². The van der Waals surface area contributed by atoms with E-state index in [-0.39, 0.29) is 12.4 Å². The number of aromatic hydroxyl groups is 1. The molecule has 0 saturated carbocycles. The van der Waals surface area contributed by atoms with Crippen molar-refractivity contribution < 1.29 is 28.1 Å². The number of ether oxygens (including phenoxy) is 1. The first-order valence-electron chi connectivity index (χ1n) is 6.13. The van der Waals surface area contributed by atoms with Gasteiger partial charge >= 0.3 is 6.18 Å². The van der Waals surface area contributed by atoms with E-state index in [2.05, 4.69) is 0 Å². The number of rotatable bonds is 4. The molecule has 1 atom stereocenters. The molecule has 3 nitrogen and oxygen atoms in total. The van der Waals surface area contributed by atoms with Gasteiger partial charge in [-0.25, -0.2) is 0 Å². The van der Waals surface area contributed by atoms with E-state index in [1.165, 1.54) is 36.4 Å². The second-order valence-electron chi connectivity index (χ2n) is 4.44. The van der Waals surface area contributed by atoms with Crippen LogP contribution in [-0.2, 0) is 6.18 Å². The van der Waals surface area contributed by atoms with Crippen molar-refractivity contribution in [1.29, 1.82) is 0 Å². The molecule has 0 aliphatic carbocycles. The maximum absolute atomic E-state index is 12.4. The van der Waals surface area contributed by atoms with Gasteiger partial charge in [0.1, 0.15) is 24.2 Å². The van der Waals surface area contributed by atoms with Gasteiger partial charge in [0.2, 0.25) is 0 Å². The predicted molar refractivity (Wildman–Crippen MR) is 70.0 cm³/mol. The lowest BCUT2D eigenvalue weighted by atomic mass is 10.1. The molecule has 112 valence electrons. The van der Waals surface area contributed by atoms with Crippen molar-refractivity contribution in [2.45, 2.75) is 12.3 Å². The number of phenolic OH excluding ortho intramolecular Hbond substituents is 1. The molecule has 0 spiro atoms. The summed E-state index contributed by atoms with van der Waals surface area (Å²) >= 11 is 0. The van der Waals surface area contributed by atoms with E-state index >= 15 is 0 Å². The first-order valence-corrected chi connectivity index (χ1v) is 6.13. The Labute approximate surface area is 119 Å². The van der Waals surface area contributed by atoms with E-state index < -0.39 is 17.8 Å². The van der Waals surface area contributed by atoms with E-state index in [4.69, 9.17) is 9.84 Å². The highest BCUT2D eigenvalue weighted by molar-refractivity contribution is 5.30. The van der Waals surface area contributed by atoms with Crippen LogP contribution >= 0.6 is 0 Å². The number of hydrogen-bond donors (Lipinski definition) is 2. The fourth-order valence-corrected chi connectivity index (χ4v) is 1.71. The topological polar surface area (TPSA) is 49.7 Å². The van der Waals surface area contributed by atoms with Crippen LogP contribution in [0.15, 0.2) is 48.5 Å². The Bertz CT molecular complexity index is 577. The minimum Gasteiger partial charge on any atom is -0.508 e. The smallest absolute Gasteiger partial charge is 0.416 e. The average molecular weight is 298 g/mol. The van der Waals surface area contributed by atoms with Gasteiger partial charge in [0.15, 0.2) is 0 Å². The van der Waals surface area contributed by atoms with Crippen LogP contribution in [0, 0.1) is 0 Å². The Balaban J connectivity index is 1.97. The average Bonchev–Trinajstić information content (AvgIpc) is 2.45. The fourth-order valence-electron chi connectivity index (χ4n) is 1.71. The van der Waals surface area contributed by atoms with Gasteiger partial charge in [-0.2, -0.15) is 13.2 Å². The summed E-state index contributed by atoms with van der Waals surface area (Å²) in [5, 5.41) is 19.0. The van der Waals surface area contributed by atoms with Crippen molar-refractivity contribution in [3.05, 3.63) is 59.7 Å². The third-order valence-corrected chi connectivity index (χ3v) is 2.87. The molecule has 0 aliphatic heterocycles. The van der Waals surface area contributed by atoms with E-state index in [0.29, 0.717) is 11.3 Å². The molecule has 1 unspecified atom stereocenters. The monoisotopic (exact) mass is 298 g/mol. The van der Waals surface area contributed by atoms with E-state index in [9.17, 15) is 18.3 Å². The molecule has 2 N–H and O–H groups in total. The highest BCUT2D eigenvalue weighted by Gasteiger charge is 2.30. The molecule has 0 saturated heterocycles. The highest BCUT2D eigenvalue weighted by Crippen LogP contribution is 2.30. The van der Waals surface area contributed by atoms with Crippen LogP contribution < -0.4 is 4.74 Å². The lowest BCUT2D eigenvalue weighted by molar-refractivity contribution is -0.137. The minimum atomic E-state index is -4.40. The SMILES string of the molecule is Oc1ccc(OCC(O)c2ccc(C(F)(F)F)cc2)cc1. The number of aliphatic hydroxyl groups is 1. The van der Waals surface area contributed by atoms with Gasteiger partial charge in [0.25, 0.3) is 0 Å². The van der Waals surface area contributed by atoms with Gasteiger partial charge in [0, 0.05) is 0 Å². The maximum atomic E-state index is 12.4. The van der Waals surface area contributed by atoms with Crippen LogP contribution in [0.4, 0.5) is 13.2 Å². The van der Waals surface area contributed by atoms with Gasteiger partial charge in [-0.15, -0.1) is 0 Å². The maximum Gasteiger partial charge on any atom is 0.416 e. The van der Waals surface area contributed by atoms with Crippen LogP contribution in [0.1, 0.15) is 17.2 Å². The Hall–Kier alpha value is -2.21. The lowest BCUT2D eigenvalue weighted by Crippen LogP contribution is -2.10. The molecule has 2 aromatic rings. The minimum absolute atomic E-state index is 0.0886. The van der Waals surface area contributed by atoms with Gasteiger partial charge in [-0.1, -0.05) is 12.1 Å². The van der Waals surface area contributed by atoms with Crippen LogP contribution in [0.25, 0.3) is 0 Å². The number of alkyl halides is 3. The molecule has 0 bridgehead atoms. The molecule has 0 radical (unpaired) electrons. The predicted octanol–water partition coefficient (Wildman–Crippen LogP) is 3.52. The third kappa shape index (κ3) is 4.13. The largest absolute Gasteiger partial charge is 0.508 e. The summed E-state index contributed by atoms with van der Waals surface area (Å²) < 4.78 is 42.5. The number of benzene rings is 2. The summed E-state index contributed by atoms with van der Waals surface area (Å²) in [6.07, 6.45) is -5.44. The van der Waals surface area contributed by atoms with Crippen molar-refractivity contribution in [3.63, 3.8) is 0 Å². The zero-order valence-corrected chi connectivity index (χ0v) is 10.8. The Kier molecular flexibility index (Phi) is 4.37. The molecule has 0 aromatic heterocycles. The molecule has 0 amide bonds. The van der Waals surface area contributed by atoms with Gasteiger partial charge < -0.3 is 14.9 Å². The fraction of sp³-hybridized carbons (Fsp3) is 0.200. The number of phenols is 1. The van der Waals surface area contributed by atoms with Crippen molar-refractivity contribution >= 4 is 0 Å². The molecule has 21 heavy (non-hydrogen) atoms. The molecule has 0 aliphatic rings. The molecular formula is C15H13F3O3. The standard InChI is InChI=1S/C15H13F3O3/c16-15(17,18)11-3-1-10(2-4-11)14(20)9-21-13-7-5-12(19)6-8-13/h1-8,14,19-20H,9H2. The second kappa shape index (κ2) is 6.05. The summed E-state index contributed by atoms with van der Waals surface area (Å²) in [5.41, 5.74) is -0.431. The Morgan fingerprint density at radius 1 is 0.952 bits per heavy atom. The summed E-state index contributed by atoms with van der Waals surface area (Å²) in [5.74, 6) is 0.532. The zero-order chi connectivity index (χ0) is 15.5. The van der Waals surface area contributed by atoms with Crippen molar-refractivity contribution in [3.8, 4) is 11.5 Å². The second-order valence-corrected chi connectivity index (χ2v) is 4.44. The molecule has 6 heteroatoms. The first-order chi connectivity index (χ1) is 9.86. The molecule has 0 heterocycles. The van der Waals surface area contributed by atoms with E-state index in [1.54, 1.807) is 0 Å². The number of aliphatic hydroxyl groups excluding tert-OH is 1. The molecule has 2 rings (SSSR count). The molecule has 2 aromatic carbocycles. The molecular weight excluding hydrogens is 285 g/mol. The van der Waals surface area contributed by atoms with Crippen LogP contribution in [-0.4, -0.2) is 16.8 Å². The summed E-state index contributed by atoms with van der Waals surface area (Å²) in [6.45, 7) is -0.101. The van der Waals surface area contributed by atoms with Gasteiger partial charge in [-0.3, -0.25) is 0 Å². The third-order valence-electron chi connectivity index (χ3n) is 2.87. The van der Waals surface area contributed by atoms with Gasteiger partial charge in [-0.05, 0) is 42.0 Å². The van der Waals surface area contributed by atoms with Crippen molar-refractivity contribution in [1.82, 2.24) is 0 Å². The van der Waals surface area contributed by atoms with Crippen LogP contribution in [0.5, 0.6) is 11.5 Å². The normalized spacial score (nSPS) is 13.0. The Morgan fingerprint density at radius 2 is 1.52 bits per heavy atom.